The molecule has 0 atom stereocenters. The van der Waals surface area contributed by atoms with Crippen LogP contribution in [0.2, 0.25) is 10.0 Å². The Hall–Kier alpha value is -1.80. The van der Waals surface area contributed by atoms with Crippen LogP contribution in [0.5, 0.6) is 0 Å². The van der Waals surface area contributed by atoms with Crippen molar-refractivity contribution in [1.82, 2.24) is 10.6 Å². The lowest BCUT2D eigenvalue weighted by Crippen LogP contribution is -2.36. The first-order chi connectivity index (χ1) is 11.8. The van der Waals surface area contributed by atoms with E-state index >= 15 is 0 Å². The Balaban J connectivity index is 1.97. The van der Waals surface area contributed by atoms with Gasteiger partial charge in [0.1, 0.15) is 0 Å². The Kier molecular flexibility index (Phi) is 6.66. The average molecular weight is 401 g/mol. The second kappa shape index (κ2) is 8.53. The second-order valence-corrected chi connectivity index (χ2v) is 7.61. The zero-order chi connectivity index (χ0) is 18.4. The third kappa shape index (κ3) is 5.89. The number of nitrogens with one attached hydrogen (secondary N) is 2. The Morgan fingerprint density at radius 3 is 2.48 bits per heavy atom. The molecule has 25 heavy (non-hydrogen) atoms. The smallest absolute Gasteiger partial charge is 0.238 e. The van der Waals surface area contributed by atoms with Crippen LogP contribution in [0.3, 0.4) is 0 Å². The fraction of sp³-hybridized carbons (Fsp3) is 0.188. The van der Waals surface area contributed by atoms with Gasteiger partial charge in [0.25, 0.3) is 0 Å². The first-order valence-corrected chi connectivity index (χ1v) is 9.60. The molecule has 0 fully saturated rings. The van der Waals surface area contributed by atoms with Gasteiger partial charge >= 0.3 is 0 Å². The number of rotatable bonds is 5. The summed E-state index contributed by atoms with van der Waals surface area (Å²) in [5.41, 5.74) is 1.64. The van der Waals surface area contributed by atoms with Crippen molar-refractivity contribution in [2.24, 2.45) is 10.1 Å². The van der Waals surface area contributed by atoms with Crippen molar-refractivity contribution in [3.63, 3.8) is 0 Å². The summed E-state index contributed by atoms with van der Waals surface area (Å²) in [7, 11) is -2.08. The van der Waals surface area contributed by atoms with E-state index < -0.39 is 10.0 Å². The van der Waals surface area contributed by atoms with Gasteiger partial charge in [-0.2, -0.15) is 0 Å². The highest BCUT2D eigenvalue weighted by molar-refractivity contribution is 7.89. The number of halogens is 2. The molecule has 0 heterocycles. The molecule has 0 aliphatic rings. The van der Waals surface area contributed by atoms with Crippen molar-refractivity contribution in [3.8, 4) is 0 Å². The molecule has 0 radical (unpaired) electrons. The lowest BCUT2D eigenvalue weighted by molar-refractivity contribution is 0.597. The first-order valence-electron chi connectivity index (χ1n) is 7.30. The maximum absolute atomic E-state index is 11.4. The van der Waals surface area contributed by atoms with Crippen LogP contribution in [0.1, 0.15) is 11.1 Å². The zero-order valence-corrected chi connectivity index (χ0v) is 15.8. The van der Waals surface area contributed by atoms with Gasteiger partial charge in [-0.25, -0.2) is 13.6 Å². The van der Waals surface area contributed by atoms with Crippen LogP contribution in [-0.4, -0.2) is 21.4 Å². The number of hydrogen-bond donors (Lipinski definition) is 3. The molecule has 2 aromatic carbocycles. The number of nitrogens with zero attached hydrogens (tertiary/aromatic N) is 1. The normalized spacial score (nSPS) is 12.1. The van der Waals surface area contributed by atoms with Crippen LogP contribution in [0.25, 0.3) is 0 Å². The molecule has 0 aromatic heterocycles. The quantitative estimate of drug-likeness (QED) is 0.530. The van der Waals surface area contributed by atoms with E-state index in [1.807, 2.05) is 6.07 Å². The Bertz CT molecular complexity index is 885. The molecule has 0 bridgehead atoms. The van der Waals surface area contributed by atoms with Gasteiger partial charge in [-0.05, 0) is 35.4 Å². The number of guanidine groups is 1. The third-order valence-electron chi connectivity index (χ3n) is 3.37. The van der Waals surface area contributed by atoms with Gasteiger partial charge in [-0.3, -0.25) is 4.99 Å². The zero-order valence-electron chi connectivity index (χ0n) is 13.5. The minimum absolute atomic E-state index is 0.0719. The molecular formula is C16H18Cl2N4O2S. The number of hydrogen-bond acceptors (Lipinski definition) is 3. The minimum atomic E-state index is -3.72. The Morgan fingerprint density at radius 1 is 1.12 bits per heavy atom. The summed E-state index contributed by atoms with van der Waals surface area (Å²) >= 11 is 12.0. The minimum Gasteiger partial charge on any atom is -0.352 e. The van der Waals surface area contributed by atoms with Gasteiger partial charge in [-0.1, -0.05) is 41.4 Å². The maximum atomic E-state index is 11.4. The van der Waals surface area contributed by atoms with Crippen molar-refractivity contribution in [1.29, 1.82) is 0 Å². The monoisotopic (exact) mass is 400 g/mol. The van der Waals surface area contributed by atoms with Gasteiger partial charge in [0, 0.05) is 30.2 Å². The summed E-state index contributed by atoms with van der Waals surface area (Å²) in [4.78, 5) is 4.19. The van der Waals surface area contributed by atoms with Crippen LogP contribution >= 0.6 is 23.2 Å². The molecule has 0 amide bonds. The van der Waals surface area contributed by atoms with Gasteiger partial charge in [0.05, 0.1) is 4.90 Å². The number of primary sulfonamides is 1. The number of sulfonamides is 1. The number of aliphatic imine (C=N–C) groups is 1. The van der Waals surface area contributed by atoms with Crippen LogP contribution in [0.4, 0.5) is 0 Å². The summed E-state index contributed by atoms with van der Waals surface area (Å²) in [6, 6.07) is 11.7. The summed E-state index contributed by atoms with van der Waals surface area (Å²) in [6.07, 6.45) is 0. The predicted molar refractivity (Wildman–Crippen MR) is 101 cm³/mol. The van der Waals surface area contributed by atoms with Crippen molar-refractivity contribution < 1.29 is 8.42 Å². The third-order valence-corrected chi connectivity index (χ3v) is 4.87. The van der Waals surface area contributed by atoms with E-state index in [0.29, 0.717) is 29.1 Å². The highest BCUT2D eigenvalue weighted by Crippen LogP contribution is 2.20. The maximum Gasteiger partial charge on any atom is 0.238 e. The van der Waals surface area contributed by atoms with Crippen LogP contribution in [0.15, 0.2) is 52.4 Å². The molecule has 4 N–H and O–H groups in total. The van der Waals surface area contributed by atoms with Crippen molar-refractivity contribution >= 4 is 39.2 Å². The van der Waals surface area contributed by atoms with Gasteiger partial charge in [-0.15, -0.1) is 0 Å². The predicted octanol–water partition coefficient (Wildman–Crippen LogP) is 2.51. The molecule has 0 spiro atoms. The summed E-state index contributed by atoms with van der Waals surface area (Å²) in [6.45, 7) is 0.851. The van der Waals surface area contributed by atoms with Crippen LogP contribution in [0, 0.1) is 0 Å². The molecule has 0 unspecified atom stereocenters. The largest absolute Gasteiger partial charge is 0.352 e. The lowest BCUT2D eigenvalue weighted by Gasteiger charge is -2.13. The van der Waals surface area contributed by atoms with E-state index in [2.05, 4.69) is 15.6 Å². The van der Waals surface area contributed by atoms with E-state index in [0.717, 1.165) is 11.1 Å². The molecule has 6 nitrogen and oxygen atoms in total. The van der Waals surface area contributed by atoms with E-state index in [1.54, 1.807) is 31.3 Å². The Morgan fingerprint density at radius 2 is 1.84 bits per heavy atom. The van der Waals surface area contributed by atoms with Crippen LogP contribution in [-0.2, 0) is 23.1 Å². The molecular weight excluding hydrogens is 383 g/mol. The molecule has 9 heteroatoms. The van der Waals surface area contributed by atoms with Crippen molar-refractivity contribution in [2.75, 3.05) is 7.05 Å². The SMILES string of the molecule is CN=C(NCc1cccc(S(N)(=O)=O)c1)NCc1ccc(Cl)cc1Cl. The molecule has 0 saturated carbocycles. The number of benzene rings is 2. The number of nitrogens with two attached hydrogens (primary N) is 1. The van der Waals surface area contributed by atoms with E-state index in [-0.39, 0.29) is 4.90 Å². The van der Waals surface area contributed by atoms with E-state index in [9.17, 15) is 8.42 Å². The van der Waals surface area contributed by atoms with Crippen LogP contribution < -0.4 is 15.8 Å². The lowest BCUT2D eigenvalue weighted by atomic mass is 10.2. The second-order valence-electron chi connectivity index (χ2n) is 5.21. The van der Waals surface area contributed by atoms with E-state index in [1.165, 1.54) is 12.1 Å². The molecule has 2 aromatic rings. The molecule has 2 rings (SSSR count). The highest BCUT2D eigenvalue weighted by Gasteiger charge is 2.08. The molecule has 134 valence electrons. The summed E-state index contributed by atoms with van der Waals surface area (Å²) in [5.74, 6) is 0.548. The highest BCUT2D eigenvalue weighted by atomic mass is 35.5. The van der Waals surface area contributed by atoms with Gasteiger partial charge < -0.3 is 10.6 Å². The molecule has 0 saturated heterocycles. The topological polar surface area (TPSA) is 96.6 Å². The average Bonchev–Trinajstić information content (AvgIpc) is 2.56. The molecule has 0 aliphatic carbocycles. The standard InChI is InChI=1S/C16H18Cl2N4O2S/c1-20-16(22-10-12-5-6-13(17)8-15(12)18)21-9-11-3-2-4-14(7-11)25(19,23)24/h2-8H,9-10H2,1H3,(H2,19,23,24)(H2,20,21,22). The Labute approximate surface area is 157 Å². The summed E-state index contributed by atoms with van der Waals surface area (Å²) < 4.78 is 22.8. The van der Waals surface area contributed by atoms with Gasteiger partial charge in [0.2, 0.25) is 10.0 Å². The fourth-order valence-corrected chi connectivity index (χ4v) is 3.14. The summed E-state index contributed by atoms with van der Waals surface area (Å²) in [5, 5.41) is 12.5. The molecule has 0 aliphatic heterocycles. The fourth-order valence-electron chi connectivity index (χ4n) is 2.08. The van der Waals surface area contributed by atoms with E-state index in [4.69, 9.17) is 28.3 Å². The van der Waals surface area contributed by atoms with Gasteiger partial charge in [0.15, 0.2) is 5.96 Å². The van der Waals surface area contributed by atoms with Crippen molar-refractivity contribution in [3.05, 3.63) is 63.6 Å². The van der Waals surface area contributed by atoms with Crippen molar-refractivity contribution in [2.45, 2.75) is 18.0 Å². The first kappa shape index (κ1) is 19.5.